The molecule has 1 aromatic rings. The second kappa shape index (κ2) is 5.13. The highest BCUT2D eigenvalue weighted by atomic mass is 16.5. The number of ether oxygens (including phenoxy) is 1. The van der Waals surface area contributed by atoms with Crippen molar-refractivity contribution in [1.29, 1.82) is 0 Å². The first-order valence-corrected chi connectivity index (χ1v) is 6.90. The summed E-state index contributed by atoms with van der Waals surface area (Å²) in [6, 6.07) is 6.00. The number of carbonyl (C=O) groups is 1. The molecule has 0 saturated heterocycles. The Morgan fingerprint density at radius 2 is 2.14 bits per heavy atom. The number of carbonyl (C=O) groups excluding carboxylic acids is 1. The first-order valence-electron chi connectivity index (χ1n) is 6.90. The highest BCUT2D eigenvalue weighted by molar-refractivity contribution is 5.99. The summed E-state index contributed by atoms with van der Waals surface area (Å²) in [4.78, 5) is 13.8. The van der Waals surface area contributed by atoms with Crippen LogP contribution in [0.5, 0.6) is 5.75 Å². The summed E-state index contributed by atoms with van der Waals surface area (Å²) < 4.78 is 5.94. The van der Waals surface area contributed by atoms with Gasteiger partial charge in [0.1, 0.15) is 11.9 Å². The number of amides is 1. The molecule has 0 radical (unpaired) electrons. The van der Waals surface area contributed by atoms with E-state index in [0.29, 0.717) is 5.57 Å². The molecule has 1 aromatic carbocycles. The number of benzene rings is 1. The highest BCUT2D eigenvalue weighted by Gasteiger charge is 2.28. The average Bonchev–Trinajstić information content (AvgIpc) is 2.68. The molecule has 1 heterocycles. The number of rotatable bonds is 2. The molecule has 0 spiro atoms. The molecule has 1 aliphatic heterocycles. The molecule has 1 aliphatic carbocycles. The van der Waals surface area contributed by atoms with Crippen LogP contribution in [0.25, 0.3) is 5.57 Å². The lowest BCUT2D eigenvalue weighted by Gasteiger charge is -2.11. The Labute approximate surface area is 124 Å². The number of anilines is 1. The Morgan fingerprint density at radius 1 is 1.33 bits per heavy atom. The maximum Gasteiger partial charge on any atom is 0.253 e. The fourth-order valence-corrected chi connectivity index (χ4v) is 2.54. The summed E-state index contributed by atoms with van der Waals surface area (Å²) in [5, 5.41) is 3.13. The quantitative estimate of drug-likeness (QED) is 0.906. The van der Waals surface area contributed by atoms with E-state index >= 15 is 0 Å². The zero-order valence-corrected chi connectivity index (χ0v) is 12.4. The molecular weight excluding hydrogens is 264 g/mol. The fraction of sp³-hybridized carbons (Fsp3) is 0.235. The molecule has 4 heteroatoms. The van der Waals surface area contributed by atoms with Gasteiger partial charge in [-0.3, -0.25) is 4.79 Å². The van der Waals surface area contributed by atoms with E-state index in [1.54, 1.807) is 19.0 Å². The third-order valence-corrected chi connectivity index (χ3v) is 3.67. The fourth-order valence-electron chi connectivity index (χ4n) is 2.54. The number of nitrogens with zero attached hydrogens (tertiary/aromatic N) is 1. The molecule has 1 unspecified atom stereocenters. The molecule has 0 bridgehead atoms. The molecule has 1 atom stereocenters. The lowest BCUT2D eigenvalue weighted by molar-refractivity contribution is -0.124. The van der Waals surface area contributed by atoms with E-state index in [1.807, 2.05) is 43.5 Å². The second-order valence-electron chi connectivity index (χ2n) is 5.31. The molecule has 1 N–H and O–H groups in total. The predicted molar refractivity (Wildman–Crippen MR) is 84.3 cm³/mol. The molecular formula is C17H18N2O2. The van der Waals surface area contributed by atoms with Crippen molar-refractivity contribution in [3.63, 3.8) is 0 Å². The van der Waals surface area contributed by atoms with Gasteiger partial charge in [-0.15, -0.1) is 0 Å². The molecule has 0 saturated carbocycles. The molecule has 3 rings (SSSR count). The van der Waals surface area contributed by atoms with Crippen LogP contribution in [0, 0.1) is 0 Å². The third-order valence-electron chi connectivity index (χ3n) is 3.67. The second-order valence-corrected chi connectivity index (χ2v) is 5.31. The van der Waals surface area contributed by atoms with Crippen LogP contribution in [0.1, 0.15) is 5.56 Å². The van der Waals surface area contributed by atoms with Crippen molar-refractivity contribution in [3.8, 4) is 5.75 Å². The Morgan fingerprint density at radius 3 is 2.86 bits per heavy atom. The summed E-state index contributed by atoms with van der Waals surface area (Å²) in [6.07, 6.45) is 7.49. The van der Waals surface area contributed by atoms with Crippen LogP contribution in [0.3, 0.4) is 0 Å². The first-order chi connectivity index (χ1) is 10.1. The maximum atomic E-state index is 12.2. The minimum absolute atomic E-state index is 0.00831. The Bertz CT molecular complexity index is 684. The summed E-state index contributed by atoms with van der Waals surface area (Å²) in [6.45, 7) is 0. The van der Waals surface area contributed by atoms with E-state index in [1.165, 1.54) is 0 Å². The van der Waals surface area contributed by atoms with Crippen LogP contribution < -0.4 is 10.1 Å². The minimum atomic E-state index is -0.129. The number of fused-ring (bicyclic) bond motifs is 3. The van der Waals surface area contributed by atoms with E-state index in [2.05, 4.69) is 11.4 Å². The molecule has 4 nitrogen and oxygen atoms in total. The van der Waals surface area contributed by atoms with Gasteiger partial charge in [-0.25, -0.2) is 0 Å². The first kappa shape index (κ1) is 13.5. The van der Waals surface area contributed by atoms with Crippen molar-refractivity contribution in [3.05, 3.63) is 53.6 Å². The van der Waals surface area contributed by atoms with E-state index in [4.69, 9.17) is 4.74 Å². The standard InChI is InChI=1S/C17H18N2O2/c1-18-12-7-8-16-14(10-12)13-9-11(17(20)19(2)3)5-4-6-15(13)21-16/h4-10,15,18H,1-3H3. The molecule has 2 aliphatic rings. The lowest BCUT2D eigenvalue weighted by Crippen LogP contribution is -2.22. The SMILES string of the molecule is CNc1ccc2c(c1)C1=CC(C(=O)N(C)C)=CC=CC1O2. The largest absolute Gasteiger partial charge is 0.481 e. The zero-order valence-electron chi connectivity index (χ0n) is 12.4. The van der Waals surface area contributed by atoms with Gasteiger partial charge in [0.15, 0.2) is 0 Å². The molecule has 108 valence electrons. The summed E-state index contributed by atoms with van der Waals surface area (Å²) in [5.41, 5.74) is 3.75. The smallest absolute Gasteiger partial charge is 0.253 e. The van der Waals surface area contributed by atoms with Crippen LogP contribution in [0.15, 0.2) is 48.1 Å². The van der Waals surface area contributed by atoms with Gasteiger partial charge in [0.2, 0.25) is 0 Å². The van der Waals surface area contributed by atoms with Crippen LogP contribution >= 0.6 is 0 Å². The number of allylic oxidation sites excluding steroid dienone is 2. The van der Waals surface area contributed by atoms with Crippen LogP contribution in [-0.2, 0) is 4.79 Å². The topological polar surface area (TPSA) is 41.6 Å². The zero-order chi connectivity index (χ0) is 15.0. The average molecular weight is 282 g/mol. The van der Waals surface area contributed by atoms with Crippen LogP contribution in [-0.4, -0.2) is 38.1 Å². The third kappa shape index (κ3) is 2.33. The number of hydrogen-bond donors (Lipinski definition) is 1. The Hall–Kier alpha value is -2.49. The van der Waals surface area contributed by atoms with Crippen molar-refractivity contribution in [1.82, 2.24) is 4.90 Å². The van der Waals surface area contributed by atoms with Gasteiger partial charge in [-0.1, -0.05) is 6.08 Å². The molecule has 0 aromatic heterocycles. The normalized spacial score (nSPS) is 18.7. The van der Waals surface area contributed by atoms with Gasteiger partial charge in [-0.05, 0) is 36.4 Å². The number of likely N-dealkylation sites (N-methyl/N-ethyl adjacent to an activating group) is 1. The lowest BCUT2D eigenvalue weighted by atomic mass is 10.00. The number of nitrogens with one attached hydrogen (secondary N) is 1. The van der Waals surface area contributed by atoms with E-state index in [0.717, 1.165) is 22.6 Å². The van der Waals surface area contributed by atoms with Crippen molar-refractivity contribution >= 4 is 17.2 Å². The van der Waals surface area contributed by atoms with Crippen LogP contribution in [0.4, 0.5) is 5.69 Å². The summed E-state index contributed by atoms with van der Waals surface area (Å²) in [5.74, 6) is 0.847. The van der Waals surface area contributed by atoms with E-state index < -0.39 is 0 Å². The highest BCUT2D eigenvalue weighted by Crippen LogP contribution is 2.41. The Balaban J connectivity index is 2.06. The summed E-state index contributed by atoms with van der Waals surface area (Å²) in [7, 11) is 5.40. The van der Waals surface area contributed by atoms with Crippen molar-refractivity contribution in [2.24, 2.45) is 0 Å². The van der Waals surface area contributed by atoms with Gasteiger partial charge in [0.05, 0.1) is 0 Å². The van der Waals surface area contributed by atoms with Crippen molar-refractivity contribution in [2.45, 2.75) is 6.10 Å². The molecule has 1 amide bonds. The van der Waals surface area contributed by atoms with Gasteiger partial charge < -0.3 is 15.0 Å². The predicted octanol–water partition coefficient (Wildman–Crippen LogP) is 2.46. The maximum absolute atomic E-state index is 12.2. The van der Waals surface area contributed by atoms with E-state index in [-0.39, 0.29) is 12.0 Å². The Kier molecular flexibility index (Phi) is 3.29. The van der Waals surface area contributed by atoms with Crippen molar-refractivity contribution < 1.29 is 9.53 Å². The van der Waals surface area contributed by atoms with Crippen molar-refractivity contribution in [2.75, 3.05) is 26.5 Å². The van der Waals surface area contributed by atoms with E-state index in [9.17, 15) is 4.79 Å². The summed E-state index contributed by atoms with van der Waals surface area (Å²) >= 11 is 0. The monoisotopic (exact) mass is 282 g/mol. The minimum Gasteiger partial charge on any atom is -0.481 e. The van der Waals surface area contributed by atoms with Crippen LogP contribution in [0.2, 0.25) is 0 Å². The molecule has 21 heavy (non-hydrogen) atoms. The van der Waals surface area contributed by atoms with Gasteiger partial charge >= 0.3 is 0 Å². The van der Waals surface area contributed by atoms with Gasteiger partial charge in [0, 0.05) is 43.5 Å². The molecule has 0 fully saturated rings. The van der Waals surface area contributed by atoms with Gasteiger partial charge in [-0.2, -0.15) is 0 Å². The van der Waals surface area contributed by atoms with Gasteiger partial charge in [0.25, 0.3) is 5.91 Å². The number of hydrogen-bond acceptors (Lipinski definition) is 3.